The molecule has 1 atom stereocenters. The van der Waals surface area contributed by atoms with Crippen LogP contribution >= 0.6 is 0 Å². The summed E-state index contributed by atoms with van der Waals surface area (Å²) >= 11 is 0. The molecule has 1 saturated heterocycles. The summed E-state index contributed by atoms with van der Waals surface area (Å²) in [7, 11) is 1.77. The molecular formula is C13H18F3N3O. The van der Waals surface area contributed by atoms with E-state index in [1.165, 1.54) is 4.90 Å². The van der Waals surface area contributed by atoms with Gasteiger partial charge in [0.1, 0.15) is 11.7 Å². The molecule has 1 fully saturated rings. The molecule has 7 heteroatoms. The number of halogens is 3. The number of aromatic nitrogens is 1. The van der Waals surface area contributed by atoms with E-state index in [2.05, 4.69) is 0 Å². The molecule has 0 aliphatic carbocycles. The van der Waals surface area contributed by atoms with Crippen molar-refractivity contribution in [2.75, 3.05) is 26.2 Å². The van der Waals surface area contributed by atoms with Crippen LogP contribution in [-0.4, -0.2) is 58.7 Å². The standard InChI is InChI=1S/C13H18F3N3O/c1-10(13(14,15)16)18-6-8-19(9-7-18)12(20)11-4-3-5-17(11)2/h3-5,10H,6-9H2,1-2H3. The molecule has 112 valence electrons. The summed E-state index contributed by atoms with van der Waals surface area (Å²) in [6.45, 7) is 2.30. The van der Waals surface area contributed by atoms with Crippen molar-refractivity contribution in [1.82, 2.24) is 14.4 Å². The third kappa shape index (κ3) is 2.98. The Bertz CT molecular complexity index is 475. The molecule has 20 heavy (non-hydrogen) atoms. The molecule has 0 saturated carbocycles. The van der Waals surface area contributed by atoms with Crippen LogP contribution in [0.5, 0.6) is 0 Å². The van der Waals surface area contributed by atoms with Crippen LogP contribution in [0.4, 0.5) is 13.2 Å². The van der Waals surface area contributed by atoms with Gasteiger partial charge in [-0.3, -0.25) is 9.69 Å². The van der Waals surface area contributed by atoms with E-state index in [1.807, 2.05) is 0 Å². The highest BCUT2D eigenvalue weighted by Crippen LogP contribution is 2.25. The second-order valence-corrected chi connectivity index (χ2v) is 5.05. The van der Waals surface area contributed by atoms with Gasteiger partial charge < -0.3 is 9.47 Å². The molecule has 0 spiro atoms. The largest absolute Gasteiger partial charge is 0.403 e. The van der Waals surface area contributed by atoms with Crippen LogP contribution in [0.25, 0.3) is 0 Å². The number of amides is 1. The maximum atomic E-state index is 12.6. The Hall–Kier alpha value is -1.50. The Morgan fingerprint density at radius 1 is 1.25 bits per heavy atom. The molecule has 1 aromatic heterocycles. The molecule has 0 bridgehead atoms. The quantitative estimate of drug-likeness (QED) is 0.829. The number of piperazine rings is 1. The third-order valence-electron chi connectivity index (χ3n) is 3.79. The molecule has 1 aromatic rings. The predicted molar refractivity (Wildman–Crippen MR) is 68.4 cm³/mol. The molecule has 1 unspecified atom stereocenters. The number of hydrogen-bond donors (Lipinski definition) is 0. The highest BCUT2D eigenvalue weighted by molar-refractivity contribution is 5.92. The molecule has 1 aliphatic rings. The number of carbonyl (C=O) groups is 1. The fraction of sp³-hybridized carbons (Fsp3) is 0.615. The SMILES string of the molecule is CC(N1CCN(C(=O)c2cccn2C)CC1)C(F)(F)F. The van der Waals surface area contributed by atoms with Gasteiger partial charge in [-0.1, -0.05) is 0 Å². The summed E-state index contributed by atoms with van der Waals surface area (Å²) in [5, 5.41) is 0. The normalized spacial score (nSPS) is 19.1. The van der Waals surface area contributed by atoms with E-state index in [-0.39, 0.29) is 19.0 Å². The van der Waals surface area contributed by atoms with Crippen LogP contribution in [0.1, 0.15) is 17.4 Å². The van der Waals surface area contributed by atoms with Gasteiger partial charge in [0.25, 0.3) is 5.91 Å². The fourth-order valence-corrected chi connectivity index (χ4v) is 2.36. The van der Waals surface area contributed by atoms with Crippen molar-refractivity contribution in [3.63, 3.8) is 0 Å². The van der Waals surface area contributed by atoms with E-state index >= 15 is 0 Å². The van der Waals surface area contributed by atoms with Crippen molar-refractivity contribution in [1.29, 1.82) is 0 Å². The Balaban J connectivity index is 1.95. The molecule has 1 amide bonds. The van der Waals surface area contributed by atoms with E-state index in [0.29, 0.717) is 18.8 Å². The minimum Gasteiger partial charge on any atom is -0.347 e. The summed E-state index contributed by atoms with van der Waals surface area (Å²) in [6.07, 6.45) is -2.44. The van der Waals surface area contributed by atoms with Crippen LogP contribution in [0.3, 0.4) is 0 Å². The van der Waals surface area contributed by atoms with E-state index in [4.69, 9.17) is 0 Å². The van der Waals surface area contributed by atoms with E-state index in [9.17, 15) is 18.0 Å². The summed E-state index contributed by atoms with van der Waals surface area (Å²) in [5.41, 5.74) is 0.558. The first-order chi connectivity index (χ1) is 9.30. The summed E-state index contributed by atoms with van der Waals surface area (Å²) in [5.74, 6) is -0.128. The summed E-state index contributed by atoms with van der Waals surface area (Å²) in [4.78, 5) is 15.2. The first kappa shape index (κ1) is 14.9. The summed E-state index contributed by atoms with van der Waals surface area (Å²) in [6, 6.07) is 2.03. The zero-order valence-electron chi connectivity index (χ0n) is 11.5. The highest BCUT2D eigenvalue weighted by atomic mass is 19.4. The number of carbonyl (C=O) groups excluding carboxylic acids is 1. The Labute approximate surface area is 115 Å². The lowest BCUT2D eigenvalue weighted by molar-refractivity contribution is -0.181. The van der Waals surface area contributed by atoms with E-state index in [0.717, 1.165) is 6.92 Å². The number of nitrogens with zero attached hydrogens (tertiary/aromatic N) is 3. The number of aryl methyl sites for hydroxylation is 1. The number of hydrogen-bond acceptors (Lipinski definition) is 2. The zero-order chi connectivity index (χ0) is 14.9. The molecule has 4 nitrogen and oxygen atoms in total. The predicted octanol–water partition coefficient (Wildman–Crippen LogP) is 1.73. The Morgan fingerprint density at radius 2 is 1.85 bits per heavy atom. The van der Waals surface area contributed by atoms with Crippen molar-refractivity contribution < 1.29 is 18.0 Å². The van der Waals surface area contributed by atoms with Gasteiger partial charge in [0.2, 0.25) is 0 Å². The van der Waals surface area contributed by atoms with Crippen LogP contribution < -0.4 is 0 Å². The van der Waals surface area contributed by atoms with Crippen LogP contribution in [-0.2, 0) is 7.05 Å². The van der Waals surface area contributed by atoms with Crippen LogP contribution in [0, 0.1) is 0 Å². The van der Waals surface area contributed by atoms with Crippen LogP contribution in [0.15, 0.2) is 18.3 Å². The zero-order valence-corrected chi connectivity index (χ0v) is 11.5. The summed E-state index contributed by atoms with van der Waals surface area (Å²) < 4.78 is 39.6. The second-order valence-electron chi connectivity index (χ2n) is 5.05. The molecule has 0 radical (unpaired) electrons. The highest BCUT2D eigenvalue weighted by Gasteiger charge is 2.41. The Kier molecular flexibility index (Phi) is 4.08. The lowest BCUT2D eigenvalue weighted by Crippen LogP contribution is -2.54. The van der Waals surface area contributed by atoms with Gasteiger partial charge in [-0.15, -0.1) is 0 Å². The number of rotatable bonds is 2. The van der Waals surface area contributed by atoms with Crippen molar-refractivity contribution in [2.24, 2.45) is 7.05 Å². The van der Waals surface area contributed by atoms with Crippen molar-refractivity contribution in [2.45, 2.75) is 19.1 Å². The first-order valence-electron chi connectivity index (χ1n) is 6.52. The van der Waals surface area contributed by atoms with Gasteiger partial charge in [0, 0.05) is 39.4 Å². The minimum atomic E-state index is -4.22. The number of alkyl halides is 3. The lowest BCUT2D eigenvalue weighted by atomic mass is 10.2. The smallest absolute Gasteiger partial charge is 0.347 e. The van der Waals surface area contributed by atoms with Gasteiger partial charge in [-0.25, -0.2) is 0 Å². The molecule has 2 rings (SSSR count). The van der Waals surface area contributed by atoms with Crippen molar-refractivity contribution in [3.8, 4) is 0 Å². The second kappa shape index (κ2) is 5.47. The van der Waals surface area contributed by atoms with Crippen LogP contribution in [0.2, 0.25) is 0 Å². The van der Waals surface area contributed by atoms with E-state index < -0.39 is 12.2 Å². The van der Waals surface area contributed by atoms with Gasteiger partial charge in [0.05, 0.1) is 0 Å². The van der Waals surface area contributed by atoms with Crippen molar-refractivity contribution >= 4 is 5.91 Å². The first-order valence-corrected chi connectivity index (χ1v) is 6.52. The topological polar surface area (TPSA) is 28.5 Å². The molecule has 2 heterocycles. The van der Waals surface area contributed by atoms with Gasteiger partial charge in [-0.2, -0.15) is 13.2 Å². The maximum Gasteiger partial charge on any atom is 0.403 e. The van der Waals surface area contributed by atoms with Gasteiger partial charge in [0.15, 0.2) is 0 Å². The average Bonchev–Trinajstić information content (AvgIpc) is 2.82. The molecular weight excluding hydrogens is 271 g/mol. The lowest BCUT2D eigenvalue weighted by Gasteiger charge is -2.38. The van der Waals surface area contributed by atoms with Gasteiger partial charge in [-0.05, 0) is 19.1 Å². The van der Waals surface area contributed by atoms with E-state index in [1.54, 1.807) is 34.8 Å². The minimum absolute atomic E-state index is 0.128. The maximum absolute atomic E-state index is 12.6. The Morgan fingerprint density at radius 3 is 2.30 bits per heavy atom. The molecule has 0 aromatic carbocycles. The molecule has 1 aliphatic heterocycles. The fourth-order valence-electron chi connectivity index (χ4n) is 2.36. The third-order valence-corrected chi connectivity index (χ3v) is 3.79. The monoisotopic (exact) mass is 289 g/mol. The van der Waals surface area contributed by atoms with Gasteiger partial charge >= 0.3 is 6.18 Å². The van der Waals surface area contributed by atoms with Crippen molar-refractivity contribution in [3.05, 3.63) is 24.0 Å². The average molecular weight is 289 g/mol. The molecule has 0 N–H and O–H groups in total.